The number of carbonyl (C=O) groups excluding carboxylic acids is 1. The minimum atomic E-state index is -0.379. The molecule has 0 aliphatic rings. The molecule has 1 unspecified atom stereocenters. The Hall–Kier alpha value is -1.10. The first-order valence-corrected chi connectivity index (χ1v) is 9.62. The van der Waals surface area contributed by atoms with Gasteiger partial charge in [0.1, 0.15) is 5.01 Å². The molecule has 3 N–H and O–H groups in total. The molecule has 0 saturated heterocycles. The molecule has 1 aromatic heterocycles. The molecular formula is C17H32IN5O2S. The lowest BCUT2D eigenvalue weighted by atomic mass is 10.0. The lowest BCUT2D eigenvalue weighted by molar-refractivity contribution is 0.146. The second-order valence-electron chi connectivity index (χ2n) is 6.13. The molecule has 9 heteroatoms. The third-order valence-corrected chi connectivity index (χ3v) is 4.15. The smallest absolute Gasteiger partial charge is 0.407 e. The van der Waals surface area contributed by atoms with Crippen LogP contribution in [0.25, 0.3) is 0 Å². The van der Waals surface area contributed by atoms with E-state index >= 15 is 0 Å². The van der Waals surface area contributed by atoms with Crippen molar-refractivity contribution in [3.8, 4) is 0 Å². The van der Waals surface area contributed by atoms with Crippen LogP contribution in [0.5, 0.6) is 0 Å². The van der Waals surface area contributed by atoms with E-state index in [-0.39, 0.29) is 36.1 Å². The van der Waals surface area contributed by atoms with Gasteiger partial charge in [0, 0.05) is 30.2 Å². The van der Waals surface area contributed by atoms with E-state index in [9.17, 15) is 4.79 Å². The number of thiazole rings is 1. The Bertz CT molecular complexity index is 551. The molecule has 1 heterocycles. The largest absolute Gasteiger partial charge is 0.450 e. The molecule has 7 nitrogen and oxygen atoms in total. The van der Waals surface area contributed by atoms with E-state index < -0.39 is 0 Å². The van der Waals surface area contributed by atoms with Crippen LogP contribution in [0.1, 0.15) is 44.0 Å². The Kier molecular flexibility index (Phi) is 13.4. The highest BCUT2D eigenvalue weighted by atomic mass is 127. The summed E-state index contributed by atoms with van der Waals surface area (Å²) >= 11 is 1.65. The Morgan fingerprint density at radius 2 is 2.08 bits per heavy atom. The maximum absolute atomic E-state index is 11.7. The zero-order valence-corrected chi connectivity index (χ0v) is 19.4. The number of hydrogen-bond acceptors (Lipinski definition) is 5. The Labute approximate surface area is 177 Å². The highest BCUT2D eigenvalue weighted by Gasteiger charge is 2.15. The van der Waals surface area contributed by atoms with Gasteiger partial charge < -0.3 is 20.7 Å². The van der Waals surface area contributed by atoms with Crippen LogP contribution in [0.4, 0.5) is 4.79 Å². The SMILES string of the molecule is CCNC(=NCc1ncc(C)s1)NCC(CC(C)C)NC(=O)OCC.I. The van der Waals surface area contributed by atoms with E-state index in [0.29, 0.717) is 25.6 Å². The van der Waals surface area contributed by atoms with Crippen molar-refractivity contribution in [3.63, 3.8) is 0 Å². The first-order valence-electron chi connectivity index (χ1n) is 8.81. The van der Waals surface area contributed by atoms with Gasteiger partial charge in [-0.15, -0.1) is 35.3 Å². The summed E-state index contributed by atoms with van der Waals surface area (Å²) in [6.45, 7) is 12.4. The number of carbonyl (C=O) groups is 1. The number of nitrogens with zero attached hydrogens (tertiary/aromatic N) is 2. The summed E-state index contributed by atoms with van der Waals surface area (Å²) in [7, 11) is 0. The topological polar surface area (TPSA) is 87.6 Å². The summed E-state index contributed by atoms with van der Waals surface area (Å²) in [5.41, 5.74) is 0. The number of rotatable bonds is 9. The summed E-state index contributed by atoms with van der Waals surface area (Å²) in [6.07, 6.45) is 2.34. The Morgan fingerprint density at radius 1 is 1.35 bits per heavy atom. The van der Waals surface area contributed by atoms with Crippen LogP contribution >= 0.6 is 35.3 Å². The van der Waals surface area contributed by atoms with Crippen LogP contribution in [0.2, 0.25) is 0 Å². The van der Waals surface area contributed by atoms with Gasteiger partial charge in [-0.05, 0) is 33.1 Å². The van der Waals surface area contributed by atoms with E-state index in [1.807, 2.05) is 20.0 Å². The van der Waals surface area contributed by atoms with Crippen molar-refractivity contribution in [2.24, 2.45) is 10.9 Å². The predicted octanol–water partition coefficient (Wildman–Crippen LogP) is 3.29. The van der Waals surface area contributed by atoms with Gasteiger partial charge >= 0.3 is 6.09 Å². The van der Waals surface area contributed by atoms with Crippen LogP contribution in [0.15, 0.2) is 11.2 Å². The fourth-order valence-electron chi connectivity index (χ4n) is 2.28. The van der Waals surface area contributed by atoms with Crippen LogP contribution in [0, 0.1) is 12.8 Å². The number of aromatic nitrogens is 1. The number of alkyl carbamates (subject to hydrolysis) is 1. The summed E-state index contributed by atoms with van der Waals surface area (Å²) in [6, 6.07) is -0.0231. The highest BCUT2D eigenvalue weighted by molar-refractivity contribution is 14.0. The molecule has 26 heavy (non-hydrogen) atoms. The Balaban J connectivity index is 0.00000625. The van der Waals surface area contributed by atoms with Crippen molar-refractivity contribution in [1.29, 1.82) is 0 Å². The van der Waals surface area contributed by atoms with E-state index in [1.165, 1.54) is 4.88 Å². The third kappa shape index (κ3) is 10.8. The van der Waals surface area contributed by atoms with Crippen molar-refractivity contribution < 1.29 is 9.53 Å². The number of nitrogens with one attached hydrogen (secondary N) is 3. The van der Waals surface area contributed by atoms with Gasteiger partial charge in [-0.2, -0.15) is 0 Å². The molecule has 0 radical (unpaired) electrons. The van der Waals surface area contributed by atoms with E-state index in [0.717, 1.165) is 23.9 Å². The maximum atomic E-state index is 11.7. The van der Waals surface area contributed by atoms with E-state index in [4.69, 9.17) is 4.74 Å². The zero-order chi connectivity index (χ0) is 18.7. The van der Waals surface area contributed by atoms with Crippen molar-refractivity contribution in [1.82, 2.24) is 20.9 Å². The van der Waals surface area contributed by atoms with Crippen LogP contribution < -0.4 is 16.0 Å². The molecule has 1 amide bonds. The standard InChI is InChI=1S/C17H31N5O2S.HI/c1-6-18-16(21-11-15-19-9-13(5)25-15)20-10-14(8-12(3)4)22-17(23)24-7-2;/h9,12,14H,6-8,10-11H2,1-5H3,(H,22,23)(H2,18,20,21);1H. The molecule has 0 spiro atoms. The lowest BCUT2D eigenvalue weighted by Crippen LogP contribution is -2.47. The second-order valence-corrected chi connectivity index (χ2v) is 7.45. The van der Waals surface area contributed by atoms with Crippen LogP contribution in [-0.2, 0) is 11.3 Å². The Morgan fingerprint density at radius 3 is 2.62 bits per heavy atom. The van der Waals surface area contributed by atoms with Crippen molar-refractivity contribution in [3.05, 3.63) is 16.1 Å². The summed E-state index contributed by atoms with van der Waals surface area (Å²) in [4.78, 5) is 21.8. The number of ether oxygens (including phenoxy) is 1. The molecule has 1 rings (SSSR count). The molecule has 1 aromatic rings. The molecule has 150 valence electrons. The minimum absolute atomic E-state index is 0. The van der Waals surface area contributed by atoms with Gasteiger partial charge in [-0.3, -0.25) is 0 Å². The van der Waals surface area contributed by atoms with Gasteiger partial charge in [0.2, 0.25) is 0 Å². The van der Waals surface area contributed by atoms with Crippen molar-refractivity contribution in [2.75, 3.05) is 19.7 Å². The van der Waals surface area contributed by atoms with E-state index in [1.54, 1.807) is 18.3 Å². The molecule has 0 aliphatic carbocycles. The van der Waals surface area contributed by atoms with Crippen LogP contribution in [0.3, 0.4) is 0 Å². The van der Waals surface area contributed by atoms with Gasteiger partial charge in [0.05, 0.1) is 13.2 Å². The molecule has 0 bridgehead atoms. The van der Waals surface area contributed by atoms with Gasteiger partial charge in [-0.1, -0.05) is 13.8 Å². The third-order valence-electron chi connectivity index (χ3n) is 3.26. The first kappa shape index (κ1) is 24.9. The number of hydrogen-bond donors (Lipinski definition) is 3. The summed E-state index contributed by atoms with van der Waals surface area (Å²) < 4.78 is 4.99. The molecule has 0 aliphatic heterocycles. The monoisotopic (exact) mass is 497 g/mol. The fraction of sp³-hybridized carbons (Fsp3) is 0.706. The zero-order valence-electron chi connectivity index (χ0n) is 16.3. The van der Waals surface area contributed by atoms with Crippen LogP contribution in [-0.4, -0.2) is 42.8 Å². The van der Waals surface area contributed by atoms with Gasteiger partial charge in [-0.25, -0.2) is 14.8 Å². The number of aliphatic imine (C=N–C) groups is 1. The normalized spacial score (nSPS) is 12.3. The quantitative estimate of drug-likeness (QED) is 0.277. The van der Waals surface area contributed by atoms with E-state index in [2.05, 4.69) is 39.8 Å². The van der Waals surface area contributed by atoms with Gasteiger partial charge in [0.25, 0.3) is 0 Å². The molecule has 0 saturated carbocycles. The fourth-order valence-corrected chi connectivity index (χ4v) is 3.00. The summed E-state index contributed by atoms with van der Waals surface area (Å²) in [5.74, 6) is 1.18. The number of aryl methyl sites for hydroxylation is 1. The maximum Gasteiger partial charge on any atom is 0.407 e. The molecule has 1 atom stereocenters. The average Bonchev–Trinajstić information content (AvgIpc) is 2.95. The minimum Gasteiger partial charge on any atom is -0.450 e. The van der Waals surface area contributed by atoms with Crippen molar-refractivity contribution in [2.45, 2.75) is 53.6 Å². The first-order chi connectivity index (χ1) is 11.9. The number of halogens is 1. The van der Waals surface area contributed by atoms with Crippen molar-refractivity contribution >= 4 is 47.4 Å². The predicted molar refractivity (Wildman–Crippen MR) is 118 cm³/mol. The molecule has 0 aromatic carbocycles. The number of amides is 1. The molecular weight excluding hydrogens is 465 g/mol. The summed E-state index contributed by atoms with van der Waals surface area (Å²) in [5, 5.41) is 10.4. The molecule has 0 fully saturated rings. The lowest BCUT2D eigenvalue weighted by Gasteiger charge is -2.22. The highest BCUT2D eigenvalue weighted by Crippen LogP contribution is 2.11. The average molecular weight is 497 g/mol. The van der Waals surface area contributed by atoms with Gasteiger partial charge in [0.15, 0.2) is 5.96 Å². The second kappa shape index (κ2) is 14.0. The number of guanidine groups is 1.